The van der Waals surface area contributed by atoms with Gasteiger partial charge in [0.1, 0.15) is 0 Å². The van der Waals surface area contributed by atoms with Gasteiger partial charge in [0.25, 0.3) is 0 Å². The average Bonchev–Trinajstić information content (AvgIpc) is 3.02. The quantitative estimate of drug-likeness (QED) is 0.493. The molecule has 0 radical (unpaired) electrons. The molecule has 4 aromatic rings. The Hall–Kier alpha value is -3.00. The Morgan fingerprint density at radius 2 is 1.39 bits per heavy atom. The fourth-order valence-electron chi connectivity index (χ4n) is 3.03. The number of nitrogens with zero attached hydrogens (tertiary/aromatic N) is 2. The van der Waals surface area contributed by atoms with Crippen LogP contribution < -0.4 is 4.90 Å². The van der Waals surface area contributed by atoms with E-state index < -0.39 is 0 Å². The maximum Gasteiger partial charge on any atom is 0.0694 e. The van der Waals surface area contributed by atoms with Crippen LogP contribution in [-0.4, -0.2) is 11.4 Å². The molecule has 0 aliphatic heterocycles. The van der Waals surface area contributed by atoms with Crippen molar-refractivity contribution in [2.75, 3.05) is 11.9 Å². The van der Waals surface area contributed by atoms with Gasteiger partial charge in [0, 0.05) is 18.9 Å². The van der Waals surface area contributed by atoms with Crippen molar-refractivity contribution in [1.29, 1.82) is 0 Å². The molecule has 4 rings (SSSR count). The van der Waals surface area contributed by atoms with E-state index in [0.29, 0.717) is 0 Å². The third-order valence-electron chi connectivity index (χ3n) is 4.23. The number of benzene rings is 2. The lowest BCUT2D eigenvalue weighted by atomic mass is 10.1. The first kappa shape index (κ1) is 13.6. The smallest absolute Gasteiger partial charge is 0.0694 e. The van der Waals surface area contributed by atoms with Gasteiger partial charge in [-0.15, -0.1) is 0 Å². The molecule has 0 saturated heterocycles. The van der Waals surface area contributed by atoms with Gasteiger partial charge in [-0.05, 0) is 35.9 Å². The van der Waals surface area contributed by atoms with Crippen molar-refractivity contribution in [2.24, 2.45) is 0 Å². The summed E-state index contributed by atoms with van der Waals surface area (Å²) in [5, 5.41) is 0. The number of rotatable bonds is 3. The van der Waals surface area contributed by atoms with E-state index >= 15 is 0 Å². The Balaban J connectivity index is 1.92. The standard InChI is InChI=1S/C21H18N2/c1-22(18-12-6-3-7-13-18)21-16-20(17-10-4-2-5-11-17)23-15-9-8-14-19(21)23/h2-16H,1H3. The summed E-state index contributed by atoms with van der Waals surface area (Å²) in [5.41, 5.74) is 6.03. The lowest BCUT2D eigenvalue weighted by Crippen LogP contribution is -2.08. The molecule has 2 heteroatoms. The molecule has 2 aromatic heterocycles. The summed E-state index contributed by atoms with van der Waals surface area (Å²) in [6, 6.07) is 29.6. The molecular formula is C21H18N2. The molecule has 0 spiro atoms. The second-order valence-corrected chi connectivity index (χ2v) is 5.63. The first-order valence-corrected chi connectivity index (χ1v) is 7.79. The molecule has 0 bridgehead atoms. The van der Waals surface area contributed by atoms with Crippen LogP contribution in [0.3, 0.4) is 0 Å². The maximum atomic E-state index is 2.26. The van der Waals surface area contributed by atoms with Gasteiger partial charge >= 0.3 is 0 Å². The zero-order valence-electron chi connectivity index (χ0n) is 13.1. The van der Waals surface area contributed by atoms with Gasteiger partial charge in [0.15, 0.2) is 0 Å². The van der Waals surface area contributed by atoms with Crippen LogP contribution in [0.15, 0.2) is 91.1 Å². The van der Waals surface area contributed by atoms with Crippen molar-refractivity contribution in [3.63, 3.8) is 0 Å². The largest absolute Gasteiger partial charge is 0.343 e. The minimum Gasteiger partial charge on any atom is -0.343 e. The predicted molar refractivity (Wildman–Crippen MR) is 97.3 cm³/mol. The summed E-state index contributed by atoms with van der Waals surface area (Å²) in [7, 11) is 2.12. The molecule has 0 fully saturated rings. The highest BCUT2D eigenvalue weighted by atomic mass is 15.1. The Morgan fingerprint density at radius 3 is 2.13 bits per heavy atom. The number of anilines is 2. The summed E-state index contributed by atoms with van der Waals surface area (Å²) < 4.78 is 2.25. The van der Waals surface area contributed by atoms with E-state index in [9.17, 15) is 0 Å². The molecule has 112 valence electrons. The number of pyridine rings is 1. The molecule has 0 N–H and O–H groups in total. The molecule has 0 saturated carbocycles. The zero-order valence-corrected chi connectivity index (χ0v) is 13.1. The number of hydrogen-bond acceptors (Lipinski definition) is 1. The van der Waals surface area contributed by atoms with Crippen LogP contribution in [0.2, 0.25) is 0 Å². The zero-order chi connectivity index (χ0) is 15.6. The van der Waals surface area contributed by atoms with Gasteiger partial charge in [-0.1, -0.05) is 54.6 Å². The fourth-order valence-corrected chi connectivity index (χ4v) is 3.03. The normalized spacial score (nSPS) is 10.8. The van der Waals surface area contributed by atoms with Crippen molar-refractivity contribution in [3.05, 3.63) is 91.1 Å². The van der Waals surface area contributed by atoms with Crippen LogP contribution in [0.25, 0.3) is 16.8 Å². The van der Waals surface area contributed by atoms with E-state index in [2.05, 4.69) is 101 Å². The Kier molecular flexibility index (Phi) is 3.35. The number of aromatic nitrogens is 1. The van der Waals surface area contributed by atoms with Crippen LogP contribution >= 0.6 is 0 Å². The van der Waals surface area contributed by atoms with E-state index in [1.807, 2.05) is 6.07 Å². The highest BCUT2D eigenvalue weighted by Gasteiger charge is 2.14. The topological polar surface area (TPSA) is 7.65 Å². The van der Waals surface area contributed by atoms with Crippen molar-refractivity contribution in [3.8, 4) is 11.3 Å². The maximum absolute atomic E-state index is 2.26. The number of para-hydroxylation sites is 1. The minimum absolute atomic E-state index is 1.18. The summed E-state index contributed by atoms with van der Waals surface area (Å²) in [5.74, 6) is 0. The first-order chi connectivity index (χ1) is 11.3. The van der Waals surface area contributed by atoms with Crippen molar-refractivity contribution in [1.82, 2.24) is 4.40 Å². The van der Waals surface area contributed by atoms with Crippen LogP contribution in [0, 0.1) is 0 Å². The average molecular weight is 298 g/mol. The first-order valence-electron chi connectivity index (χ1n) is 7.79. The van der Waals surface area contributed by atoms with Gasteiger partial charge in [-0.3, -0.25) is 0 Å². The van der Waals surface area contributed by atoms with Crippen molar-refractivity contribution >= 4 is 16.9 Å². The van der Waals surface area contributed by atoms with E-state index in [1.54, 1.807) is 0 Å². The Morgan fingerprint density at radius 1 is 0.739 bits per heavy atom. The van der Waals surface area contributed by atoms with Crippen LogP contribution in [0.4, 0.5) is 11.4 Å². The molecule has 0 amide bonds. The molecule has 0 atom stereocenters. The van der Waals surface area contributed by atoms with E-state index in [1.165, 1.54) is 28.1 Å². The Labute approximate surface area is 136 Å². The van der Waals surface area contributed by atoms with E-state index in [-0.39, 0.29) is 0 Å². The molecule has 0 aliphatic rings. The molecule has 2 aromatic carbocycles. The minimum atomic E-state index is 1.18. The lowest BCUT2D eigenvalue weighted by Gasteiger charge is -2.18. The van der Waals surface area contributed by atoms with E-state index in [0.717, 1.165) is 0 Å². The summed E-state index contributed by atoms with van der Waals surface area (Å²) in [6.45, 7) is 0. The number of fused-ring (bicyclic) bond motifs is 1. The fraction of sp³-hybridized carbons (Fsp3) is 0.0476. The predicted octanol–water partition coefficient (Wildman–Crippen LogP) is 5.37. The van der Waals surface area contributed by atoms with Gasteiger partial charge in [-0.25, -0.2) is 0 Å². The molecule has 23 heavy (non-hydrogen) atoms. The Bertz CT molecular complexity index is 924. The highest BCUT2D eigenvalue weighted by molar-refractivity contribution is 5.85. The lowest BCUT2D eigenvalue weighted by molar-refractivity contribution is 1.19. The van der Waals surface area contributed by atoms with E-state index in [4.69, 9.17) is 0 Å². The van der Waals surface area contributed by atoms with Crippen LogP contribution in [0.5, 0.6) is 0 Å². The van der Waals surface area contributed by atoms with Crippen molar-refractivity contribution < 1.29 is 0 Å². The van der Waals surface area contributed by atoms with Crippen molar-refractivity contribution in [2.45, 2.75) is 0 Å². The van der Waals surface area contributed by atoms with Gasteiger partial charge in [0.05, 0.1) is 16.9 Å². The summed E-state index contributed by atoms with van der Waals surface area (Å²) in [6.07, 6.45) is 2.12. The molecule has 2 nitrogen and oxygen atoms in total. The molecular weight excluding hydrogens is 280 g/mol. The monoisotopic (exact) mass is 298 g/mol. The molecule has 0 aliphatic carbocycles. The summed E-state index contributed by atoms with van der Waals surface area (Å²) in [4.78, 5) is 2.24. The van der Waals surface area contributed by atoms with Gasteiger partial charge < -0.3 is 9.30 Å². The molecule has 0 unspecified atom stereocenters. The third-order valence-corrected chi connectivity index (χ3v) is 4.23. The summed E-state index contributed by atoms with van der Waals surface area (Å²) >= 11 is 0. The number of hydrogen-bond donors (Lipinski definition) is 0. The second-order valence-electron chi connectivity index (χ2n) is 5.63. The second kappa shape index (κ2) is 5.65. The third kappa shape index (κ3) is 2.38. The SMILES string of the molecule is CN(c1ccccc1)c1cc(-c2ccccc2)n2ccccc12. The van der Waals surface area contributed by atoms with Gasteiger partial charge in [0.2, 0.25) is 0 Å². The van der Waals surface area contributed by atoms with Gasteiger partial charge in [-0.2, -0.15) is 0 Å². The van der Waals surface area contributed by atoms with Crippen LogP contribution in [0.1, 0.15) is 0 Å². The van der Waals surface area contributed by atoms with Crippen LogP contribution in [-0.2, 0) is 0 Å². The molecule has 2 heterocycles. The highest BCUT2D eigenvalue weighted by Crippen LogP contribution is 2.34.